The Kier molecular flexibility index (Phi) is 9.14. The summed E-state index contributed by atoms with van der Waals surface area (Å²) in [5, 5.41) is 2.41. The van der Waals surface area contributed by atoms with Gasteiger partial charge in [0, 0.05) is 45.5 Å². The average molecular weight is 779 g/mol. The summed E-state index contributed by atoms with van der Waals surface area (Å²) in [4.78, 5) is 14.9. The number of pyridine rings is 1. The maximum Gasteiger partial charge on any atom is 0.160 e. The summed E-state index contributed by atoms with van der Waals surface area (Å²) in [6, 6.07) is 77.4. The van der Waals surface area contributed by atoms with Gasteiger partial charge in [-0.15, -0.1) is 0 Å². The van der Waals surface area contributed by atoms with Crippen LogP contribution in [0.3, 0.4) is 0 Å². The lowest BCUT2D eigenvalue weighted by Crippen LogP contribution is -1.99. The first-order chi connectivity index (χ1) is 30.2. The molecule has 3 aromatic heterocycles. The first kappa shape index (κ1) is 35.9. The highest BCUT2D eigenvalue weighted by molar-refractivity contribution is 6.10. The van der Waals surface area contributed by atoms with Crippen molar-refractivity contribution in [3.05, 3.63) is 231 Å². The molecule has 4 heteroatoms. The van der Waals surface area contributed by atoms with E-state index in [0.29, 0.717) is 5.82 Å². The molecular weight excluding hydrogens is 741 g/mol. The van der Waals surface area contributed by atoms with Crippen LogP contribution in [0, 0.1) is 0 Å². The zero-order valence-electron chi connectivity index (χ0n) is 33.2. The van der Waals surface area contributed by atoms with Crippen LogP contribution in [0.5, 0.6) is 0 Å². The van der Waals surface area contributed by atoms with Gasteiger partial charge in [-0.05, 0) is 93.0 Å². The summed E-state index contributed by atoms with van der Waals surface area (Å²) in [5.74, 6) is 0.679. The van der Waals surface area contributed by atoms with E-state index in [1.807, 2.05) is 42.7 Å². The van der Waals surface area contributed by atoms with Crippen LogP contribution in [0.2, 0.25) is 0 Å². The minimum atomic E-state index is 0.679. The summed E-state index contributed by atoms with van der Waals surface area (Å²) in [6.07, 6.45) is 3.72. The maximum absolute atomic E-state index is 5.32. The van der Waals surface area contributed by atoms with Gasteiger partial charge in [0.1, 0.15) is 0 Å². The van der Waals surface area contributed by atoms with Gasteiger partial charge in [-0.3, -0.25) is 4.98 Å². The molecule has 61 heavy (non-hydrogen) atoms. The second-order valence-electron chi connectivity index (χ2n) is 15.3. The third-order valence-electron chi connectivity index (χ3n) is 11.5. The first-order valence-electron chi connectivity index (χ1n) is 20.6. The second kappa shape index (κ2) is 15.5. The maximum atomic E-state index is 5.32. The molecule has 0 saturated carbocycles. The summed E-state index contributed by atoms with van der Waals surface area (Å²) in [5.41, 5.74) is 17.2. The number of nitrogens with zero attached hydrogens (tertiary/aromatic N) is 4. The van der Waals surface area contributed by atoms with Gasteiger partial charge >= 0.3 is 0 Å². The Bertz CT molecular complexity index is 3300. The van der Waals surface area contributed by atoms with Crippen molar-refractivity contribution in [1.29, 1.82) is 0 Å². The van der Waals surface area contributed by atoms with E-state index in [1.165, 1.54) is 27.5 Å². The van der Waals surface area contributed by atoms with Crippen LogP contribution in [-0.4, -0.2) is 19.5 Å². The van der Waals surface area contributed by atoms with Crippen molar-refractivity contribution >= 4 is 21.8 Å². The SMILES string of the molecule is c1ccc(-c2ccc(-c3cc(-c4cc(-c5ccc(-c6cccnc6)cc5)cc(-n5c6ccccc6c6cc(-c7ccccc7)ccc65)c4)nc(-c4ccccc4)n3)cc2)cc1. The van der Waals surface area contributed by atoms with Gasteiger partial charge in [-0.2, -0.15) is 0 Å². The Morgan fingerprint density at radius 2 is 0.787 bits per heavy atom. The van der Waals surface area contributed by atoms with E-state index in [-0.39, 0.29) is 0 Å². The Morgan fingerprint density at radius 3 is 1.46 bits per heavy atom. The van der Waals surface area contributed by atoms with Crippen LogP contribution >= 0.6 is 0 Å². The fourth-order valence-electron chi connectivity index (χ4n) is 8.43. The molecule has 0 aliphatic heterocycles. The quantitative estimate of drug-likeness (QED) is 0.154. The molecule has 0 saturated heterocycles. The fourth-order valence-corrected chi connectivity index (χ4v) is 8.43. The molecule has 0 bridgehead atoms. The Balaban J connectivity index is 1.12. The van der Waals surface area contributed by atoms with Crippen LogP contribution < -0.4 is 0 Å². The summed E-state index contributed by atoms with van der Waals surface area (Å²) >= 11 is 0. The molecule has 0 fully saturated rings. The topological polar surface area (TPSA) is 43.6 Å². The first-order valence-corrected chi connectivity index (χ1v) is 20.6. The molecule has 11 aromatic rings. The van der Waals surface area contributed by atoms with Gasteiger partial charge in [0.15, 0.2) is 5.82 Å². The lowest BCUT2D eigenvalue weighted by Gasteiger charge is -2.15. The monoisotopic (exact) mass is 778 g/mol. The normalized spacial score (nSPS) is 11.3. The van der Waals surface area contributed by atoms with Gasteiger partial charge in [-0.1, -0.05) is 170 Å². The van der Waals surface area contributed by atoms with Crippen molar-refractivity contribution in [3.8, 4) is 84.1 Å². The minimum Gasteiger partial charge on any atom is -0.309 e. The number of hydrogen-bond acceptors (Lipinski definition) is 3. The molecule has 0 aliphatic rings. The Morgan fingerprint density at radius 1 is 0.295 bits per heavy atom. The van der Waals surface area contributed by atoms with E-state index in [4.69, 9.17) is 9.97 Å². The molecule has 0 spiro atoms. The van der Waals surface area contributed by atoms with Crippen LogP contribution in [0.15, 0.2) is 231 Å². The minimum absolute atomic E-state index is 0.679. The smallest absolute Gasteiger partial charge is 0.160 e. The standard InChI is InChI=1S/C57H38N4/c1-4-13-39(14-5-1)41-26-28-44(29-27-41)53-37-54(60-57(59-53)45-17-8-3-9-18-45)49-33-48(43-24-22-42(23-25-43)47-19-12-32-58-38-47)34-50(35-49)61-55-21-11-10-20-51(55)52-36-46(30-31-56(52)61)40-15-6-2-7-16-40/h1-38H. The molecular formula is C57H38N4. The third-order valence-corrected chi connectivity index (χ3v) is 11.5. The molecule has 0 radical (unpaired) electrons. The molecule has 0 N–H and O–H groups in total. The Labute approximate surface area is 354 Å². The molecule has 11 rings (SSSR count). The van der Waals surface area contributed by atoms with E-state index in [0.717, 1.165) is 72.6 Å². The number of hydrogen-bond donors (Lipinski definition) is 0. The van der Waals surface area contributed by atoms with E-state index >= 15 is 0 Å². The third kappa shape index (κ3) is 6.96. The lowest BCUT2D eigenvalue weighted by atomic mass is 9.97. The largest absolute Gasteiger partial charge is 0.309 e. The summed E-state index contributed by atoms with van der Waals surface area (Å²) in [6.45, 7) is 0. The van der Waals surface area contributed by atoms with E-state index in [2.05, 4.69) is 198 Å². The number of para-hydroxylation sites is 1. The average Bonchev–Trinajstić information content (AvgIpc) is 3.69. The number of rotatable bonds is 8. The van der Waals surface area contributed by atoms with Gasteiger partial charge in [0.2, 0.25) is 0 Å². The predicted molar refractivity (Wildman–Crippen MR) is 252 cm³/mol. The zero-order chi connectivity index (χ0) is 40.5. The van der Waals surface area contributed by atoms with Crippen molar-refractivity contribution < 1.29 is 0 Å². The van der Waals surface area contributed by atoms with E-state index < -0.39 is 0 Å². The van der Waals surface area contributed by atoms with E-state index in [1.54, 1.807) is 0 Å². The molecule has 286 valence electrons. The molecule has 8 aromatic carbocycles. The fraction of sp³-hybridized carbons (Fsp3) is 0. The summed E-state index contributed by atoms with van der Waals surface area (Å²) < 4.78 is 2.40. The van der Waals surface area contributed by atoms with Crippen LogP contribution in [0.25, 0.3) is 106 Å². The van der Waals surface area contributed by atoms with Gasteiger partial charge in [-0.25, -0.2) is 9.97 Å². The highest BCUT2D eigenvalue weighted by atomic mass is 15.0. The zero-order valence-corrected chi connectivity index (χ0v) is 33.2. The van der Waals surface area contributed by atoms with Crippen molar-refractivity contribution in [2.24, 2.45) is 0 Å². The molecule has 0 atom stereocenters. The molecule has 4 nitrogen and oxygen atoms in total. The Hall–Kier alpha value is -8.21. The van der Waals surface area contributed by atoms with E-state index in [9.17, 15) is 0 Å². The van der Waals surface area contributed by atoms with Crippen molar-refractivity contribution in [3.63, 3.8) is 0 Å². The van der Waals surface area contributed by atoms with Crippen LogP contribution in [-0.2, 0) is 0 Å². The van der Waals surface area contributed by atoms with Crippen molar-refractivity contribution in [2.75, 3.05) is 0 Å². The molecule has 0 aliphatic carbocycles. The highest BCUT2D eigenvalue weighted by Crippen LogP contribution is 2.39. The molecule has 0 unspecified atom stereocenters. The van der Waals surface area contributed by atoms with Crippen molar-refractivity contribution in [2.45, 2.75) is 0 Å². The number of aromatic nitrogens is 4. The van der Waals surface area contributed by atoms with Crippen LogP contribution in [0.1, 0.15) is 0 Å². The molecule has 0 amide bonds. The van der Waals surface area contributed by atoms with Gasteiger partial charge in [0.05, 0.1) is 22.4 Å². The highest BCUT2D eigenvalue weighted by Gasteiger charge is 2.18. The predicted octanol–water partition coefficient (Wildman–Crippen LogP) is 14.6. The second-order valence-corrected chi connectivity index (χ2v) is 15.3. The van der Waals surface area contributed by atoms with Gasteiger partial charge < -0.3 is 4.57 Å². The lowest BCUT2D eigenvalue weighted by molar-refractivity contribution is 1.16. The summed E-state index contributed by atoms with van der Waals surface area (Å²) in [7, 11) is 0. The van der Waals surface area contributed by atoms with Gasteiger partial charge in [0.25, 0.3) is 0 Å². The van der Waals surface area contributed by atoms with Crippen molar-refractivity contribution in [1.82, 2.24) is 19.5 Å². The number of benzene rings is 8. The molecule has 3 heterocycles. The number of fused-ring (bicyclic) bond motifs is 3. The van der Waals surface area contributed by atoms with Crippen LogP contribution in [0.4, 0.5) is 0 Å².